The van der Waals surface area contributed by atoms with Crippen LogP contribution in [0.1, 0.15) is 29.2 Å². The van der Waals surface area contributed by atoms with Crippen LogP contribution >= 0.6 is 11.6 Å². The van der Waals surface area contributed by atoms with Gasteiger partial charge in [0.15, 0.2) is 0 Å². The summed E-state index contributed by atoms with van der Waals surface area (Å²) in [7, 11) is 0. The molecule has 1 atom stereocenters. The molecule has 2 aromatic rings. The molecule has 0 aromatic heterocycles. The number of rotatable bonds is 2. The van der Waals surface area contributed by atoms with E-state index in [0.29, 0.717) is 16.3 Å². The summed E-state index contributed by atoms with van der Waals surface area (Å²) in [6.45, 7) is 0. The van der Waals surface area contributed by atoms with Crippen LogP contribution in [0.4, 0.5) is 5.69 Å². The van der Waals surface area contributed by atoms with E-state index in [1.165, 1.54) is 0 Å². The number of nitriles is 1. The molecule has 1 unspecified atom stereocenters. The first kappa shape index (κ1) is 12.8. The van der Waals surface area contributed by atoms with E-state index in [1.807, 2.05) is 12.1 Å². The summed E-state index contributed by atoms with van der Waals surface area (Å²) in [5.41, 5.74) is 3.43. The van der Waals surface area contributed by atoms with E-state index in [1.54, 1.807) is 24.3 Å². The van der Waals surface area contributed by atoms with Crippen molar-refractivity contribution in [1.29, 1.82) is 5.26 Å². The van der Waals surface area contributed by atoms with E-state index in [0.717, 1.165) is 29.7 Å². The van der Waals surface area contributed by atoms with Gasteiger partial charge in [0.05, 0.1) is 28.4 Å². The average Bonchev–Trinajstić information content (AvgIpc) is 2.86. The van der Waals surface area contributed by atoms with Crippen LogP contribution in [0.2, 0.25) is 5.02 Å². The fourth-order valence-electron chi connectivity index (χ4n) is 2.68. The molecule has 0 fully saturated rings. The molecule has 0 saturated carbocycles. The van der Waals surface area contributed by atoms with Crippen LogP contribution in [0.25, 0.3) is 0 Å². The average molecular weight is 285 g/mol. The lowest BCUT2D eigenvalue weighted by molar-refractivity contribution is 0.469. The van der Waals surface area contributed by atoms with Gasteiger partial charge in [-0.15, -0.1) is 0 Å². The number of anilines is 1. The molecule has 1 aliphatic carbocycles. The maximum Gasteiger partial charge on any atom is 0.119 e. The highest BCUT2D eigenvalue weighted by Gasteiger charge is 2.24. The minimum absolute atomic E-state index is 0.114. The molecule has 2 aromatic carbocycles. The molecule has 0 bridgehead atoms. The summed E-state index contributed by atoms with van der Waals surface area (Å²) in [5, 5.41) is 22.8. The fraction of sp³-hybridized carbons (Fsp3) is 0.188. The molecule has 1 aliphatic rings. The highest BCUT2D eigenvalue weighted by molar-refractivity contribution is 6.33. The maximum atomic E-state index is 9.86. The predicted molar refractivity (Wildman–Crippen MR) is 79.0 cm³/mol. The SMILES string of the molecule is N#Cc1ccc(Cl)c(NC2CCc3c(O)cccc32)c1. The predicted octanol–water partition coefficient (Wildman–Crippen LogP) is 4.02. The summed E-state index contributed by atoms with van der Waals surface area (Å²) >= 11 is 6.17. The van der Waals surface area contributed by atoms with Crippen molar-refractivity contribution >= 4 is 17.3 Å². The van der Waals surface area contributed by atoms with Crippen LogP contribution < -0.4 is 5.32 Å². The number of aromatic hydroxyl groups is 1. The Bertz CT molecular complexity index is 706. The molecule has 100 valence electrons. The number of halogens is 1. The van der Waals surface area contributed by atoms with E-state index >= 15 is 0 Å². The highest BCUT2D eigenvalue weighted by atomic mass is 35.5. The quantitative estimate of drug-likeness (QED) is 0.876. The molecule has 0 aliphatic heterocycles. The van der Waals surface area contributed by atoms with Gasteiger partial charge in [0.2, 0.25) is 0 Å². The largest absolute Gasteiger partial charge is 0.508 e. The number of fused-ring (bicyclic) bond motifs is 1. The Morgan fingerprint density at radius 3 is 2.95 bits per heavy atom. The smallest absolute Gasteiger partial charge is 0.119 e. The Morgan fingerprint density at radius 1 is 1.30 bits per heavy atom. The van der Waals surface area contributed by atoms with Gasteiger partial charge < -0.3 is 10.4 Å². The Kier molecular flexibility index (Phi) is 3.25. The maximum absolute atomic E-state index is 9.86. The monoisotopic (exact) mass is 284 g/mol. The molecule has 20 heavy (non-hydrogen) atoms. The van der Waals surface area contributed by atoms with E-state index in [2.05, 4.69) is 11.4 Å². The summed E-state index contributed by atoms with van der Waals surface area (Å²) in [6.07, 6.45) is 1.75. The Morgan fingerprint density at radius 2 is 2.15 bits per heavy atom. The third-order valence-corrected chi connectivity index (χ3v) is 4.00. The number of phenols is 1. The molecular weight excluding hydrogens is 272 g/mol. The van der Waals surface area contributed by atoms with E-state index < -0.39 is 0 Å². The molecule has 0 spiro atoms. The van der Waals surface area contributed by atoms with Crippen LogP contribution in [0.3, 0.4) is 0 Å². The second-order valence-electron chi connectivity index (χ2n) is 4.89. The Labute approximate surface area is 122 Å². The summed E-state index contributed by atoms with van der Waals surface area (Å²) in [4.78, 5) is 0. The summed E-state index contributed by atoms with van der Waals surface area (Å²) in [6, 6.07) is 13.0. The molecule has 4 heteroatoms. The first-order valence-electron chi connectivity index (χ1n) is 6.46. The molecule has 3 rings (SSSR count). The first-order chi connectivity index (χ1) is 9.69. The van der Waals surface area contributed by atoms with Gasteiger partial charge in [-0.3, -0.25) is 0 Å². The second kappa shape index (κ2) is 5.07. The fourth-order valence-corrected chi connectivity index (χ4v) is 2.85. The topological polar surface area (TPSA) is 56.0 Å². The van der Waals surface area contributed by atoms with Gasteiger partial charge in [-0.2, -0.15) is 5.26 Å². The molecule has 2 N–H and O–H groups in total. The van der Waals surface area contributed by atoms with Crippen LogP contribution in [-0.2, 0) is 6.42 Å². The van der Waals surface area contributed by atoms with Gasteiger partial charge in [0, 0.05) is 0 Å². The minimum atomic E-state index is 0.114. The normalized spacial score (nSPS) is 16.5. The Balaban J connectivity index is 1.92. The van der Waals surface area contributed by atoms with Crippen molar-refractivity contribution in [3.05, 3.63) is 58.1 Å². The van der Waals surface area contributed by atoms with Gasteiger partial charge in [-0.25, -0.2) is 0 Å². The van der Waals surface area contributed by atoms with Crippen LogP contribution in [0, 0.1) is 11.3 Å². The first-order valence-corrected chi connectivity index (χ1v) is 6.84. The third-order valence-electron chi connectivity index (χ3n) is 3.67. The number of benzene rings is 2. The van der Waals surface area contributed by atoms with E-state index in [-0.39, 0.29) is 6.04 Å². The summed E-state index contributed by atoms with van der Waals surface area (Å²) in [5.74, 6) is 0.351. The molecular formula is C16H13ClN2O. The van der Waals surface area contributed by atoms with Crippen molar-refractivity contribution < 1.29 is 5.11 Å². The molecule has 0 saturated heterocycles. The van der Waals surface area contributed by atoms with E-state index in [9.17, 15) is 5.11 Å². The lowest BCUT2D eigenvalue weighted by atomic mass is 10.1. The number of hydrogen-bond donors (Lipinski definition) is 2. The number of hydrogen-bond acceptors (Lipinski definition) is 3. The van der Waals surface area contributed by atoms with Crippen molar-refractivity contribution in [3.63, 3.8) is 0 Å². The minimum Gasteiger partial charge on any atom is -0.508 e. The highest BCUT2D eigenvalue weighted by Crippen LogP contribution is 2.39. The molecule has 3 nitrogen and oxygen atoms in total. The standard InChI is InChI=1S/C16H13ClN2O/c17-13-6-4-10(9-18)8-15(13)19-14-7-5-12-11(14)2-1-3-16(12)20/h1-4,6,8,14,19-20H,5,7H2. The van der Waals surface area contributed by atoms with E-state index in [4.69, 9.17) is 16.9 Å². The van der Waals surface area contributed by atoms with Gasteiger partial charge in [-0.05, 0) is 48.2 Å². The van der Waals surface area contributed by atoms with Crippen LogP contribution in [0.15, 0.2) is 36.4 Å². The van der Waals surface area contributed by atoms with Gasteiger partial charge in [0.25, 0.3) is 0 Å². The van der Waals surface area contributed by atoms with Crippen molar-refractivity contribution in [1.82, 2.24) is 0 Å². The molecule has 0 amide bonds. The van der Waals surface area contributed by atoms with Crippen molar-refractivity contribution in [2.45, 2.75) is 18.9 Å². The summed E-state index contributed by atoms with van der Waals surface area (Å²) < 4.78 is 0. The zero-order chi connectivity index (χ0) is 14.1. The molecule has 0 heterocycles. The lowest BCUT2D eigenvalue weighted by Gasteiger charge is -2.17. The third kappa shape index (κ3) is 2.19. The van der Waals surface area contributed by atoms with Crippen LogP contribution in [0.5, 0.6) is 5.75 Å². The number of phenolic OH excluding ortho intramolecular Hbond substituents is 1. The second-order valence-corrected chi connectivity index (χ2v) is 5.29. The van der Waals surface area contributed by atoms with Gasteiger partial charge >= 0.3 is 0 Å². The van der Waals surface area contributed by atoms with Crippen molar-refractivity contribution in [3.8, 4) is 11.8 Å². The number of nitrogens with zero attached hydrogens (tertiary/aromatic N) is 1. The van der Waals surface area contributed by atoms with Gasteiger partial charge in [-0.1, -0.05) is 23.7 Å². The van der Waals surface area contributed by atoms with Crippen molar-refractivity contribution in [2.24, 2.45) is 0 Å². The Hall–Kier alpha value is -2.18. The molecule has 0 radical (unpaired) electrons. The number of nitrogens with one attached hydrogen (secondary N) is 1. The van der Waals surface area contributed by atoms with Gasteiger partial charge in [0.1, 0.15) is 5.75 Å². The van der Waals surface area contributed by atoms with Crippen molar-refractivity contribution in [2.75, 3.05) is 5.32 Å². The zero-order valence-corrected chi connectivity index (χ0v) is 11.5. The lowest BCUT2D eigenvalue weighted by Crippen LogP contribution is -2.07. The van der Waals surface area contributed by atoms with Crippen LogP contribution in [-0.4, -0.2) is 5.11 Å². The zero-order valence-electron chi connectivity index (χ0n) is 10.7.